The van der Waals surface area contributed by atoms with Crippen LogP contribution >= 0.6 is 0 Å². The number of ether oxygens (including phenoxy) is 2. The summed E-state index contributed by atoms with van der Waals surface area (Å²) in [5.74, 6) is 0.590. The number of benzene rings is 3. The maximum atomic E-state index is 12.7. The van der Waals surface area contributed by atoms with E-state index in [1.165, 1.54) is 4.90 Å². The molecule has 1 unspecified atom stereocenters. The molecule has 0 aliphatic heterocycles. The van der Waals surface area contributed by atoms with Crippen LogP contribution in [0.5, 0.6) is 5.75 Å². The Morgan fingerprint density at radius 1 is 0.935 bits per heavy atom. The standard InChI is InChI=1S/C25H25NO5/c27-18-20-11-13-23(14-12-20)30-16-15-26(17-24(28)22-9-5-2-6-10-22)25(29)31-19-21-7-3-1-4-8-21/h1-14,18,24,28H,15-17,19H2. The minimum absolute atomic E-state index is 0.0745. The summed E-state index contributed by atoms with van der Waals surface area (Å²) in [5.41, 5.74) is 2.16. The van der Waals surface area contributed by atoms with E-state index in [9.17, 15) is 14.7 Å². The predicted molar refractivity (Wildman–Crippen MR) is 117 cm³/mol. The second kappa shape index (κ2) is 11.5. The fraction of sp³-hybridized carbons (Fsp3) is 0.200. The Morgan fingerprint density at radius 2 is 1.58 bits per heavy atom. The van der Waals surface area contributed by atoms with E-state index in [0.29, 0.717) is 16.9 Å². The lowest BCUT2D eigenvalue weighted by Gasteiger charge is -2.25. The zero-order valence-electron chi connectivity index (χ0n) is 17.1. The van der Waals surface area contributed by atoms with Crippen LogP contribution in [-0.2, 0) is 11.3 Å². The van der Waals surface area contributed by atoms with E-state index in [1.807, 2.05) is 60.7 Å². The SMILES string of the molecule is O=Cc1ccc(OCCN(CC(O)c2ccccc2)C(=O)OCc2ccccc2)cc1. The van der Waals surface area contributed by atoms with Crippen LogP contribution in [-0.4, -0.2) is 42.1 Å². The molecule has 3 rings (SSSR count). The van der Waals surface area contributed by atoms with Gasteiger partial charge in [0.2, 0.25) is 0 Å². The molecule has 31 heavy (non-hydrogen) atoms. The number of hydrogen-bond acceptors (Lipinski definition) is 5. The van der Waals surface area contributed by atoms with Gasteiger partial charge in [0, 0.05) is 5.56 Å². The van der Waals surface area contributed by atoms with Gasteiger partial charge in [-0.2, -0.15) is 0 Å². The van der Waals surface area contributed by atoms with Crippen molar-refractivity contribution in [2.75, 3.05) is 19.7 Å². The van der Waals surface area contributed by atoms with Gasteiger partial charge in [-0.15, -0.1) is 0 Å². The van der Waals surface area contributed by atoms with E-state index in [0.717, 1.165) is 11.8 Å². The highest BCUT2D eigenvalue weighted by molar-refractivity contribution is 5.74. The van der Waals surface area contributed by atoms with Crippen LogP contribution in [0.3, 0.4) is 0 Å². The lowest BCUT2D eigenvalue weighted by Crippen LogP contribution is -2.38. The molecule has 1 atom stereocenters. The Labute approximate surface area is 181 Å². The van der Waals surface area contributed by atoms with Crippen LogP contribution in [0, 0.1) is 0 Å². The number of aliphatic hydroxyl groups is 1. The fourth-order valence-corrected chi connectivity index (χ4v) is 2.97. The summed E-state index contributed by atoms with van der Waals surface area (Å²) in [6.07, 6.45) is -0.616. The van der Waals surface area contributed by atoms with Crippen molar-refractivity contribution in [3.63, 3.8) is 0 Å². The second-order valence-corrected chi connectivity index (χ2v) is 6.95. The zero-order valence-corrected chi connectivity index (χ0v) is 17.1. The quantitative estimate of drug-likeness (QED) is 0.497. The van der Waals surface area contributed by atoms with E-state index in [2.05, 4.69) is 0 Å². The first kappa shape index (κ1) is 22.1. The normalized spacial score (nSPS) is 11.4. The molecule has 0 aliphatic rings. The minimum Gasteiger partial charge on any atom is -0.492 e. The van der Waals surface area contributed by atoms with Gasteiger partial charge in [0.05, 0.1) is 19.2 Å². The summed E-state index contributed by atoms with van der Waals surface area (Å²) >= 11 is 0. The highest BCUT2D eigenvalue weighted by atomic mass is 16.6. The van der Waals surface area contributed by atoms with Crippen molar-refractivity contribution in [3.05, 3.63) is 102 Å². The van der Waals surface area contributed by atoms with Gasteiger partial charge in [-0.3, -0.25) is 4.79 Å². The number of aldehydes is 1. The van der Waals surface area contributed by atoms with Crippen molar-refractivity contribution < 1.29 is 24.2 Å². The Kier molecular flexibility index (Phi) is 8.20. The van der Waals surface area contributed by atoms with Gasteiger partial charge < -0.3 is 19.5 Å². The van der Waals surface area contributed by atoms with Crippen molar-refractivity contribution in [1.82, 2.24) is 4.90 Å². The molecule has 3 aromatic carbocycles. The molecule has 0 radical (unpaired) electrons. The molecule has 0 aromatic heterocycles. The third kappa shape index (κ3) is 6.97. The van der Waals surface area contributed by atoms with Crippen LogP contribution in [0.4, 0.5) is 4.79 Å². The highest BCUT2D eigenvalue weighted by Gasteiger charge is 2.20. The Morgan fingerprint density at radius 3 is 2.23 bits per heavy atom. The van der Waals surface area contributed by atoms with Gasteiger partial charge in [-0.1, -0.05) is 60.7 Å². The molecule has 6 nitrogen and oxygen atoms in total. The first-order valence-electron chi connectivity index (χ1n) is 10.0. The van der Waals surface area contributed by atoms with E-state index >= 15 is 0 Å². The molecule has 0 saturated heterocycles. The third-order valence-corrected chi connectivity index (χ3v) is 4.69. The number of rotatable bonds is 10. The molecule has 0 heterocycles. The Hall–Kier alpha value is -3.64. The van der Waals surface area contributed by atoms with Crippen LogP contribution in [0.1, 0.15) is 27.6 Å². The minimum atomic E-state index is -0.850. The van der Waals surface area contributed by atoms with Crippen molar-refractivity contribution >= 4 is 12.4 Å². The van der Waals surface area contributed by atoms with E-state index in [1.54, 1.807) is 24.3 Å². The van der Waals surface area contributed by atoms with Crippen molar-refractivity contribution in [1.29, 1.82) is 0 Å². The number of carbonyl (C=O) groups is 2. The summed E-state index contributed by atoms with van der Waals surface area (Å²) in [5, 5.41) is 10.6. The number of aliphatic hydroxyl groups excluding tert-OH is 1. The lowest BCUT2D eigenvalue weighted by atomic mass is 10.1. The summed E-state index contributed by atoms with van der Waals surface area (Å²) in [6, 6.07) is 25.3. The molecule has 1 amide bonds. The number of hydrogen-bond donors (Lipinski definition) is 1. The lowest BCUT2D eigenvalue weighted by molar-refractivity contribution is 0.0630. The second-order valence-electron chi connectivity index (χ2n) is 6.95. The summed E-state index contributed by atoms with van der Waals surface area (Å²) in [7, 11) is 0. The first-order chi connectivity index (χ1) is 15.2. The molecule has 0 fully saturated rings. The molecule has 0 saturated carbocycles. The fourth-order valence-electron chi connectivity index (χ4n) is 2.97. The van der Waals surface area contributed by atoms with Crippen molar-refractivity contribution in [2.45, 2.75) is 12.7 Å². The van der Waals surface area contributed by atoms with Gasteiger partial charge in [0.1, 0.15) is 25.2 Å². The van der Waals surface area contributed by atoms with Gasteiger partial charge in [0.25, 0.3) is 0 Å². The van der Waals surface area contributed by atoms with Crippen molar-refractivity contribution in [3.8, 4) is 5.75 Å². The zero-order chi connectivity index (χ0) is 21.9. The maximum Gasteiger partial charge on any atom is 0.410 e. The summed E-state index contributed by atoms with van der Waals surface area (Å²) < 4.78 is 11.1. The van der Waals surface area contributed by atoms with Crippen LogP contribution < -0.4 is 4.74 Å². The Balaban J connectivity index is 1.60. The highest BCUT2D eigenvalue weighted by Crippen LogP contribution is 2.16. The average molecular weight is 419 g/mol. The van der Waals surface area contributed by atoms with E-state index in [4.69, 9.17) is 9.47 Å². The smallest absolute Gasteiger partial charge is 0.410 e. The molecule has 160 valence electrons. The van der Waals surface area contributed by atoms with E-state index < -0.39 is 12.2 Å². The average Bonchev–Trinajstić information content (AvgIpc) is 2.83. The number of carbonyl (C=O) groups excluding carboxylic acids is 2. The molecular weight excluding hydrogens is 394 g/mol. The molecular formula is C25H25NO5. The predicted octanol–water partition coefficient (Wildman–Crippen LogP) is 4.25. The molecule has 0 aliphatic carbocycles. The largest absolute Gasteiger partial charge is 0.492 e. The van der Waals surface area contributed by atoms with Crippen LogP contribution in [0.2, 0.25) is 0 Å². The molecule has 0 bridgehead atoms. The van der Waals surface area contributed by atoms with Gasteiger partial charge >= 0.3 is 6.09 Å². The monoisotopic (exact) mass is 419 g/mol. The molecule has 1 N–H and O–H groups in total. The molecule has 6 heteroatoms. The number of amides is 1. The first-order valence-corrected chi connectivity index (χ1v) is 10.0. The van der Waals surface area contributed by atoms with Crippen molar-refractivity contribution in [2.24, 2.45) is 0 Å². The van der Waals surface area contributed by atoms with E-state index in [-0.39, 0.29) is 26.3 Å². The van der Waals surface area contributed by atoms with Crippen LogP contribution in [0.15, 0.2) is 84.9 Å². The summed E-state index contributed by atoms with van der Waals surface area (Å²) in [4.78, 5) is 24.9. The van der Waals surface area contributed by atoms with Crippen LogP contribution in [0.25, 0.3) is 0 Å². The molecule has 3 aromatic rings. The third-order valence-electron chi connectivity index (χ3n) is 4.69. The Bertz CT molecular complexity index is 945. The summed E-state index contributed by atoms with van der Waals surface area (Å²) in [6.45, 7) is 0.659. The van der Waals surface area contributed by atoms with Gasteiger partial charge in [0.15, 0.2) is 0 Å². The molecule has 0 spiro atoms. The van der Waals surface area contributed by atoms with Gasteiger partial charge in [-0.05, 0) is 35.4 Å². The van der Waals surface area contributed by atoms with Gasteiger partial charge in [-0.25, -0.2) is 4.79 Å². The topological polar surface area (TPSA) is 76.1 Å². The maximum absolute atomic E-state index is 12.7. The number of nitrogens with zero attached hydrogens (tertiary/aromatic N) is 1.